The van der Waals surface area contributed by atoms with Gasteiger partial charge in [-0.15, -0.1) is 0 Å². The monoisotopic (exact) mass is 251 g/mol. The summed E-state index contributed by atoms with van der Waals surface area (Å²) in [4.78, 5) is 0. The summed E-state index contributed by atoms with van der Waals surface area (Å²) in [5.74, 6) is -2.88. The normalized spacial score (nSPS) is 10.6. The van der Waals surface area contributed by atoms with Crippen LogP contribution in [0.25, 0.3) is 0 Å². The van der Waals surface area contributed by atoms with Gasteiger partial charge in [0.15, 0.2) is 17.4 Å². The first-order valence-electron chi connectivity index (χ1n) is 5.31. The van der Waals surface area contributed by atoms with Crippen LogP contribution < -0.4 is 5.32 Å². The highest BCUT2D eigenvalue weighted by Gasteiger charge is 2.09. The molecule has 0 bridgehead atoms. The third-order valence-corrected chi connectivity index (χ3v) is 2.34. The van der Waals surface area contributed by atoms with Crippen LogP contribution in [0.2, 0.25) is 0 Å². The van der Waals surface area contributed by atoms with Gasteiger partial charge in [-0.05, 0) is 29.8 Å². The van der Waals surface area contributed by atoms with E-state index in [9.17, 15) is 8.78 Å². The lowest BCUT2D eigenvalue weighted by atomic mass is 10.2. The smallest absolute Gasteiger partial charge is 0.187 e. The second-order valence-electron chi connectivity index (χ2n) is 3.73. The number of hydrogen-bond acceptors (Lipinski definition) is 4. The molecule has 0 aliphatic heterocycles. The summed E-state index contributed by atoms with van der Waals surface area (Å²) in [6, 6.07) is 5.71. The van der Waals surface area contributed by atoms with Gasteiger partial charge in [0.2, 0.25) is 0 Å². The van der Waals surface area contributed by atoms with Gasteiger partial charge in [-0.2, -0.15) is 10.2 Å². The number of phenols is 1. The predicted octanol–water partition coefficient (Wildman–Crippen LogP) is 1.75. The number of halogens is 2. The zero-order valence-electron chi connectivity index (χ0n) is 9.40. The summed E-state index contributed by atoms with van der Waals surface area (Å²) in [6.07, 6.45) is 1.56. The largest absolute Gasteiger partial charge is 0.503 e. The Morgan fingerprint density at radius 1 is 1.17 bits per heavy atom. The Bertz CT molecular complexity index is 511. The second kappa shape index (κ2) is 5.50. The van der Waals surface area contributed by atoms with Crippen molar-refractivity contribution in [3.05, 3.63) is 53.4 Å². The van der Waals surface area contributed by atoms with E-state index >= 15 is 0 Å². The second-order valence-corrected chi connectivity index (χ2v) is 3.73. The zero-order valence-corrected chi connectivity index (χ0v) is 9.40. The number of benzene rings is 1. The highest BCUT2D eigenvalue weighted by Crippen LogP contribution is 2.21. The van der Waals surface area contributed by atoms with Crippen LogP contribution >= 0.6 is 0 Å². The molecule has 1 aromatic carbocycles. The molecule has 0 amide bonds. The van der Waals surface area contributed by atoms with Crippen molar-refractivity contribution in [2.75, 3.05) is 0 Å². The molecular weight excluding hydrogens is 240 g/mol. The third-order valence-electron chi connectivity index (χ3n) is 2.34. The first-order chi connectivity index (χ1) is 8.66. The summed E-state index contributed by atoms with van der Waals surface area (Å²) >= 11 is 0. The van der Waals surface area contributed by atoms with Gasteiger partial charge < -0.3 is 10.4 Å². The van der Waals surface area contributed by atoms with Crippen LogP contribution in [-0.4, -0.2) is 15.3 Å². The van der Waals surface area contributed by atoms with E-state index in [4.69, 9.17) is 5.11 Å². The minimum atomic E-state index is -0.966. The fourth-order valence-electron chi connectivity index (χ4n) is 1.48. The van der Waals surface area contributed by atoms with Crippen molar-refractivity contribution in [1.29, 1.82) is 0 Å². The molecule has 0 spiro atoms. The molecular formula is C12H11F2N3O. The van der Waals surface area contributed by atoms with Crippen LogP contribution in [0.3, 0.4) is 0 Å². The van der Waals surface area contributed by atoms with Gasteiger partial charge in [0.25, 0.3) is 0 Å². The van der Waals surface area contributed by atoms with Crippen LogP contribution in [0, 0.1) is 11.6 Å². The number of nitrogens with zero attached hydrogens (tertiary/aromatic N) is 2. The van der Waals surface area contributed by atoms with Crippen LogP contribution in [-0.2, 0) is 13.1 Å². The van der Waals surface area contributed by atoms with E-state index in [-0.39, 0.29) is 6.54 Å². The Balaban J connectivity index is 1.95. The van der Waals surface area contributed by atoms with Gasteiger partial charge in [0, 0.05) is 19.3 Å². The van der Waals surface area contributed by atoms with E-state index in [0.29, 0.717) is 12.1 Å². The lowest BCUT2D eigenvalue weighted by Gasteiger charge is -2.05. The lowest BCUT2D eigenvalue weighted by molar-refractivity contribution is 0.395. The van der Waals surface area contributed by atoms with Crippen molar-refractivity contribution in [2.24, 2.45) is 0 Å². The Morgan fingerprint density at radius 2 is 1.89 bits per heavy atom. The maximum absolute atomic E-state index is 13.1. The van der Waals surface area contributed by atoms with Crippen LogP contribution in [0.1, 0.15) is 11.3 Å². The summed E-state index contributed by atoms with van der Waals surface area (Å²) in [5.41, 5.74) is 1.14. The molecule has 1 heterocycles. The molecule has 6 heteroatoms. The topological polar surface area (TPSA) is 58.0 Å². The van der Waals surface area contributed by atoms with Crippen molar-refractivity contribution < 1.29 is 13.9 Å². The molecule has 0 aliphatic carbocycles. The first-order valence-corrected chi connectivity index (χ1v) is 5.31. The number of aromatic nitrogens is 2. The zero-order chi connectivity index (χ0) is 13.0. The minimum Gasteiger partial charge on any atom is -0.503 e. The fourth-order valence-corrected chi connectivity index (χ4v) is 1.48. The van der Waals surface area contributed by atoms with Crippen LogP contribution in [0.4, 0.5) is 8.78 Å². The molecule has 2 rings (SSSR count). The minimum absolute atomic E-state index is 0.269. The van der Waals surface area contributed by atoms with Crippen molar-refractivity contribution in [3.8, 4) is 5.75 Å². The van der Waals surface area contributed by atoms with E-state index in [0.717, 1.165) is 17.8 Å². The summed E-state index contributed by atoms with van der Waals surface area (Å²) in [6.45, 7) is 0.711. The summed E-state index contributed by atoms with van der Waals surface area (Å²) < 4.78 is 26.1. The maximum atomic E-state index is 13.1. The van der Waals surface area contributed by atoms with Gasteiger partial charge in [-0.1, -0.05) is 0 Å². The quantitative estimate of drug-likeness (QED) is 0.869. The van der Waals surface area contributed by atoms with E-state index in [1.54, 1.807) is 18.3 Å². The maximum Gasteiger partial charge on any atom is 0.187 e. The molecule has 2 N–H and O–H groups in total. The Hall–Kier alpha value is -2.08. The van der Waals surface area contributed by atoms with Crippen molar-refractivity contribution in [1.82, 2.24) is 15.5 Å². The molecule has 18 heavy (non-hydrogen) atoms. The molecule has 0 atom stereocenters. The Morgan fingerprint density at radius 3 is 2.50 bits per heavy atom. The molecule has 2 aromatic rings. The average molecular weight is 251 g/mol. The third kappa shape index (κ3) is 2.98. The molecule has 0 radical (unpaired) electrons. The molecule has 0 aliphatic rings. The standard InChI is InChI=1S/C12H11F2N3O/c13-10-4-8(5-11(14)12(10)18)6-15-7-9-2-1-3-16-17-9/h1-5,15,18H,6-7H2. The van der Waals surface area contributed by atoms with Crippen molar-refractivity contribution >= 4 is 0 Å². The lowest BCUT2D eigenvalue weighted by Crippen LogP contribution is -2.14. The molecule has 1 aromatic heterocycles. The van der Waals surface area contributed by atoms with Gasteiger partial charge >= 0.3 is 0 Å². The van der Waals surface area contributed by atoms with E-state index < -0.39 is 17.4 Å². The number of aromatic hydroxyl groups is 1. The average Bonchev–Trinajstić information content (AvgIpc) is 2.37. The van der Waals surface area contributed by atoms with E-state index in [1.807, 2.05) is 0 Å². The number of phenolic OH excluding ortho intramolecular Hbond substituents is 1. The van der Waals surface area contributed by atoms with Crippen molar-refractivity contribution in [2.45, 2.75) is 13.1 Å². The van der Waals surface area contributed by atoms with Crippen LogP contribution in [0.15, 0.2) is 30.5 Å². The van der Waals surface area contributed by atoms with E-state index in [1.165, 1.54) is 0 Å². The summed E-state index contributed by atoms with van der Waals surface area (Å²) in [7, 11) is 0. The highest BCUT2D eigenvalue weighted by atomic mass is 19.1. The number of rotatable bonds is 4. The Kier molecular flexibility index (Phi) is 3.78. The van der Waals surface area contributed by atoms with Crippen molar-refractivity contribution in [3.63, 3.8) is 0 Å². The molecule has 0 unspecified atom stereocenters. The molecule has 4 nitrogen and oxygen atoms in total. The predicted molar refractivity (Wildman–Crippen MR) is 60.6 cm³/mol. The number of nitrogens with one attached hydrogen (secondary N) is 1. The van der Waals surface area contributed by atoms with Gasteiger partial charge in [0.05, 0.1) is 5.69 Å². The highest BCUT2D eigenvalue weighted by molar-refractivity contribution is 5.29. The molecule has 0 saturated carbocycles. The van der Waals surface area contributed by atoms with Crippen LogP contribution in [0.5, 0.6) is 5.75 Å². The SMILES string of the molecule is Oc1c(F)cc(CNCc2cccnn2)cc1F. The molecule has 94 valence electrons. The van der Waals surface area contributed by atoms with Gasteiger partial charge in [0.1, 0.15) is 0 Å². The summed E-state index contributed by atoms with van der Waals surface area (Å²) in [5, 5.41) is 19.5. The van der Waals surface area contributed by atoms with Gasteiger partial charge in [-0.3, -0.25) is 0 Å². The number of hydrogen-bond donors (Lipinski definition) is 2. The fraction of sp³-hybridized carbons (Fsp3) is 0.167. The molecule has 0 fully saturated rings. The van der Waals surface area contributed by atoms with Gasteiger partial charge in [-0.25, -0.2) is 8.78 Å². The van der Waals surface area contributed by atoms with E-state index in [2.05, 4.69) is 15.5 Å². The Labute approximate surface area is 102 Å². The first kappa shape index (κ1) is 12.4. The molecule has 0 saturated heterocycles.